The standard InChI is InChI=1S/C23H26N4O3S/c1-26(2)19-7-6-16-10-18(5-4-17(16)11-19)23-9-8-20(27(23)3)12-22(13-24)31(30)25-14-21(29)15-28/h4-12,21,25,28-29H,14-15H2,1-3H3/b22-12+. The Kier molecular flexibility index (Phi) is 7.25. The summed E-state index contributed by atoms with van der Waals surface area (Å²) in [5.41, 5.74) is 3.88. The second-order valence-electron chi connectivity index (χ2n) is 7.42. The SMILES string of the molecule is CN(C)c1ccc2cc(-c3ccc(/C=C(\C#N)S(=O)NCC(O)CO)n3C)ccc2c1. The van der Waals surface area contributed by atoms with Crippen LogP contribution in [0, 0.1) is 11.3 Å². The fraction of sp³-hybridized carbons (Fsp3) is 0.261. The molecule has 1 heterocycles. The molecule has 3 N–H and O–H groups in total. The van der Waals surface area contributed by atoms with E-state index in [1.54, 1.807) is 6.08 Å². The van der Waals surface area contributed by atoms with Gasteiger partial charge >= 0.3 is 0 Å². The molecule has 0 spiro atoms. The van der Waals surface area contributed by atoms with E-state index in [9.17, 15) is 14.6 Å². The van der Waals surface area contributed by atoms with Crippen LogP contribution in [0.4, 0.5) is 5.69 Å². The molecule has 162 valence electrons. The van der Waals surface area contributed by atoms with Crippen molar-refractivity contribution in [1.82, 2.24) is 9.29 Å². The molecule has 0 saturated heterocycles. The van der Waals surface area contributed by atoms with Crippen molar-refractivity contribution >= 4 is 33.5 Å². The Labute approximate surface area is 184 Å². The number of hydrogen-bond acceptors (Lipinski definition) is 5. The average molecular weight is 439 g/mol. The lowest BCUT2D eigenvalue weighted by Crippen LogP contribution is -2.31. The zero-order valence-electron chi connectivity index (χ0n) is 17.7. The largest absolute Gasteiger partial charge is 0.394 e. The van der Waals surface area contributed by atoms with Crippen LogP contribution in [0.25, 0.3) is 28.1 Å². The number of aliphatic hydroxyl groups is 2. The van der Waals surface area contributed by atoms with Gasteiger partial charge in [0.05, 0.1) is 12.7 Å². The maximum Gasteiger partial charge on any atom is 0.135 e. The molecule has 2 unspecified atom stereocenters. The fourth-order valence-corrected chi connectivity index (χ4v) is 4.02. The van der Waals surface area contributed by atoms with Crippen LogP contribution in [-0.2, 0) is 18.0 Å². The van der Waals surface area contributed by atoms with Gasteiger partial charge < -0.3 is 19.7 Å². The first-order chi connectivity index (χ1) is 14.8. The summed E-state index contributed by atoms with van der Waals surface area (Å²) >= 11 is 0. The number of benzene rings is 2. The molecular formula is C23H26N4O3S. The van der Waals surface area contributed by atoms with Crippen molar-refractivity contribution in [1.29, 1.82) is 5.26 Å². The summed E-state index contributed by atoms with van der Waals surface area (Å²) in [4.78, 5) is 2.10. The molecule has 2 aromatic carbocycles. The smallest absolute Gasteiger partial charge is 0.135 e. The first-order valence-electron chi connectivity index (χ1n) is 9.77. The molecule has 2 atom stereocenters. The number of fused-ring (bicyclic) bond motifs is 1. The van der Waals surface area contributed by atoms with Crippen LogP contribution in [0.15, 0.2) is 53.4 Å². The summed E-state index contributed by atoms with van der Waals surface area (Å²) in [6.45, 7) is -0.521. The van der Waals surface area contributed by atoms with Crippen molar-refractivity contribution in [2.45, 2.75) is 6.10 Å². The van der Waals surface area contributed by atoms with Crippen LogP contribution in [0.1, 0.15) is 5.69 Å². The molecule has 0 radical (unpaired) electrons. The van der Waals surface area contributed by atoms with Gasteiger partial charge in [0.2, 0.25) is 0 Å². The van der Waals surface area contributed by atoms with Gasteiger partial charge in [-0.15, -0.1) is 0 Å². The van der Waals surface area contributed by atoms with Crippen LogP contribution in [-0.4, -0.2) is 52.3 Å². The van der Waals surface area contributed by atoms with E-state index in [0.717, 1.165) is 33.4 Å². The van der Waals surface area contributed by atoms with Crippen LogP contribution in [0.3, 0.4) is 0 Å². The molecule has 0 fully saturated rings. The number of nitrogens with zero attached hydrogens (tertiary/aromatic N) is 3. The Hall–Kier alpha value is -2.96. The zero-order chi connectivity index (χ0) is 22.5. The molecule has 0 aliphatic heterocycles. The third-order valence-corrected chi connectivity index (χ3v) is 6.08. The van der Waals surface area contributed by atoms with E-state index in [-0.39, 0.29) is 11.4 Å². The number of nitrogens with one attached hydrogen (secondary N) is 1. The highest BCUT2D eigenvalue weighted by molar-refractivity contribution is 7.87. The van der Waals surface area contributed by atoms with Crippen LogP contribution in [0.5, 0.6) is 0 Å². The molecule has 0 amide bonds. The van der Waals surface area contributed by atoms with Crippen LogP contribution in [0.2, 0.25) is 0 Å². The van der Waals surface area contributed by atoms with Gasteiger partial charge in [-0.3, -0.25) is 0 Å². The molecule has 3 rings (SSSR count). The monoisotopic (exact) mass is 438 g/mol. The summed E-state index contributed by atoms with van der Waals surface area (Å²) in [7, 11) is 4.13. The highest BCUT2D eigenvalue weighted by Crippen LogP contribution is 2.28. The highest BCUT2D eigenvalue weighted by atomic mass is 32.2. The van der Waals surface area contributed by atoms with E-state index in [4.69, 9.17) is 5.11 Å². The predicted octanol–water partition coefficient (Wildman–Crippen LogP) is 2.38. The van der Waals surface area contributed by atoms with E-state index >= 15 is 0 Å². The number of hydrogen-bond donors (Lipinski definition) is 3. The van der Waals surface area contributed by atoms with Gasteiger partial charge in [-0.25, -0.2) is 8.93 Å². The number of anilines is 1. The molecule has 0 aliphatic rings. The van der Waals surface area contributed by atoms with Crippen molar-refractivity contribution < 1.29 is 14.4 Å². The summed E-state index contributed by atoms with van der Waals surface area (Å²) in [6, 6.07) is 18.4. The maximum atomic E-state index is 12.3. The number of rotatable bonds is 8. The third-order valence-electron chi connectivity index (χ3n) is 5.05. The van der Waals surface area contributed by atoms with Gasteiger partial charge in [0.25, 0.3) is 0 Å². The zero-order valence-corrected chi connectivity index (χ0v) is 18.6. The van der Waals surface area contributed by atoms with E-state index in [1.807, 2.05) is 43.9 Å². The van der Waals surface area contributed by atoms with E-state index < -0.39 is 23.7 Å². The molecule has 1 aromatic heterocycles. The Bertz CT molecular complexity index is 1180. The predicted molar refractivity (Wildman–Crippen MR) is 126 cm³/mol. The van der Waals surface area contributed by atoms with Crippen molar-refractivity contribution in [3.05, 3.63) is 59.1 Å². The van der Waals surface area contributed by atoms with Gasteiger partial charge in [-0.2, -0.15) is 5.26 Å². The van der Waals surface area contributed by atoms with Crippen LogP contribution < -0.4 is 9.62 Å². The molecular weight excluding hydrogens is 412 g/mol. The minimum Gasteiger partial charge on any atom is -0.394 e. The maximum absolute atomic E-state index is 12.3. The molecule has 0 bridgehead atoms. The van der Waals surface area contributed by atoms with E-state index in [0.29, 0.717) is 0 Å². The average Bonchev–Trinajstić information content (AvgIpc) is 3.14. The summed E-state index contributed by atoms with van der Waals surface area (Å²) in [5.74, 6) is 0. The second kappa shape index (κ2) is 9.90. The van der Waals surface area contributed by atoms with Gasteiger partial charge in [0.1, 0.15) is 22.0 Å². The van der Waals surface area contributed by atoms with Gasteiger partial charge in [-0.05, 0) is 52.7 Å². The Balaban J connectivity index is 1.88. The second-order valence-corrected chi connectivity index (χ2v) is 8.68. The highest BCUT2D eigenvalue weighted by Gasteiger charge is 2.12. The Morgan fingerprint density at radius 1 is 1.23 bits per heavy atom. The quantitative estimate of drug-likeness (QED) is 0.469. The molecule has 31 heavy (non-hydrogen) atoms. The fourth-order valence-electron chi connectivity index (χ4n) is 3.21. The molecule has 8 heteroatoms. The van der Waals surface area contributed by atoms with Crippen molar-refractivity contribution in [2.75, 3.05) is 32.1 Å². The van der Waals surface area contributed by atoms with Crippen molar-refractivity contribution in [2.24, 2.45) is 7.05 Å². The Morgan fingerprint density at radius 3 is 2.61 bits per heavy atom. The normalized spacial score (nSPS) is 13.7. The van der Waals surface area contributed by atoms with Gasteiger partial charge in [0, 0.05) is 44.8 Å². The first kappa shape index (κ1) is 22.7. The lowest BCUT2D eigenvalue weighted by atomic mass is 10.0. The first-order valence-corrected chi connectivity index (χ1v) is 10.9. The van der Waals surface area contributed by atoms with E-state index in [2.05, 4.69) is 46.0 Å². The molecule has 3 aromatic rings. The number of nitriles is 1. The van der Waals surface area contributed by atoms with Crippen molar-refractivity contribution in [3.8, 4) is 17.3 Å². The van der Waals surface area contributed by atoms with Gasteiger partial charge in [-0.1, -0.05) is 18.2 Å². The molecule has 7 nitrogen and oxygen atoms in total. The van der Waals surface area contributed by atoms with E-state index in [1.165, 1.54) is 0 Å². The minimum absolute atomic E-state index is 0.0348. The summed E-state index contributed by atoms with van der Waals surface area (Å²) < 4.78 is 16.8. The lowest BCUT2D eigenvalue weighted by molar-refractivity contribution is 0.0991. The number of allylic oxidation sites excluding steroid dienone is 1. The number of aliphatic hydroxyl groups excluding tert-OH is 2. The van der Waals surface area contributed by atoms with Crippen molar-refractivity contribution in [3.63, 3.8) is 0 Å². The third kappa shape index (κ3) is 5.21. The molecule has 0 aliphatic carbocycles. The minimum atomic E-state index is -1.79. The topological polar surface area (TPSA) is 102 Å². The van der Waals surface area contributed by atoms with Crippen LogP contribution >= 0.6 is 0 Å². The number of aromatic nitrogens is 1. The summed E-state index contributed by atoms with van der Waals surface area (Å²) in [6.07, 6.45) is 0.523. The summed E-state index contributed by atoms with van der Waals surface area (Å²) in [5, 5.41) is 29.9. The molecule has 0 saturated carbocycles. The Morgan fingerprint density at radius 2 is 1.94 bits per heavy atom. The lowest BCUT2D eigenvalue weighted by Gasteiger charge is -2.13. The van der Waals surface area contributed by atoms with Gasteiger partial charge in [0.15, 0.2) is 0 Å².